The second kappa shape index (κ2) is 5.98. The van der Waals surface area contributed by atoms with E-state index in [9.17, 15) is 12.8 Å². The van der Waals surface area contributed by atoms with Gasteiger partial charge in [-0.05, 0) is 49.0 Å². The molecule has 0 amide bonds. The first-order valence-corrected chi connectivity index (χ1v) is 8.47. The van der Waals surface area contributed by atoms with E-state index in [1.807, 2.05) is 35.2 Å². The number of benzene rings is 2. The van der Waals surface area contributed by atoms with Gasteiger partial charge in [-0.1, -0.05) is 18.2 Å². The van der Waals surface area contributed by atoms with Gasteiger partial charge in [-0.15, -0.1) is 0 Å². The lowest BCUT2D eigenvalue weighted by atomic mass is 10.0. The molecule has 0 unspecified atom stereocenters. The van der Waals surface area contributed by atoms with Gasteiger partial charge in [-0.2, -0.15) is 0 Å². The fourth-order valence-corrected chi connectivity index (χ4v) is 3.44. The van der Waals surface area contributed by atoms with Crippen molar-refractivity contribution >= 4 is 10.0 Å². The van der Waals surface area contributed by atoms with Gasteiger partial charge in [0.15, 0.2) is 0 Å². The summed E-state index contributed by atoms with van der Waals surface area (Å²) in [5, 5.41) is 0. The van der Waals surface area contributed by atoms with Crippen molar-refractivity contribution in [2.45, 2.75) is 4.90 Å². The van der Waals surface area contributed by atoms with Gasteiger partial charge < -0.3 is 4.57 Å². The third-order valence-electron chi connectivity index (χ3n) is 3.58. The Balaban J connectivity index is 2.35. The lowest BCUT2D eigenvalue weighted by Crippen LogP contribution is -2.20. The predicted molar refractivity (Wildman–Crippen MR) is 87.4 cm³/mol. The number of hydrogen-bond acceptors (Lipinski definition) is 2. The summed E-state index contributed by atoms with van der Waals surface area (Å²) in [6.07, 6.45) is 3.66. The molecule has 118 valence electrons. The van der Waals surface area contributed by atoms with Crippen LogP contribution in [0, 0.1) is 5.82 Å². The van der Waals surface area contributed by atoms with Gasteiger partial charge in [0, 0.05) is 18.0 Å². The summed E-state index contributed by atoms with van der Waals surface area (Å²) in [5.74, 6) is -0.370. The number of nitrogens with zero attached hydrogens (tertiary/aromatic N) is 1. The summed E-state index contributed by atoms with van der Waals surface area (Å²) in [7, 11) is -2.29. The third-order valence-corrected chi connectivity index (χ3v) is 5.03. The molecule has 3 aromatic rings. The van der Waals surface area contributed by atoms with Crippen molar-refractivity contribution in [3.05, 3.63) is 72.8 Å². The Morgan fingerprint density at radius 2 is 1.61 bits per heavy atom. The molecule has 0 spiro atoms. The lowest BCUT2D eigenvalue weighted by Gasteiger charge is -2.16. The van der Waals surface area contributed by atoms with Crippen molar-refractivity contribution in [2.75, 3.05) is 7.05 Å². The molecule has 3 rings (SSSR count). The molecule has 0 saturated carbocycles. The van der Waals surface area contributed by atoms with Crippen LogP contribution in [-0.2, 0) is 10.0 Å². The maximum atomic E-state index is 13.2. The van der Waals surface area contributed by atoms with Gasteiger partial charge >= 0.3 is 0 Å². The maximum absolute atomic E-state index is 13.2. The zero-order valence-electron chi connectivity index (χ0n) is 12.4. The molecule has 1 aromatic heterocycles. The van der Waals surface area contributed by atoms with Crippen LogP contribution in [-0.4, -0.2) is 20.0 Å². The van der Waals surface area contributed by atoms with Crippen LogP contribution in [0.1, 0.15) is 0 Å². The van der Waals surface area contributed by atoms with Crippen LogP contribution in [0.2, 0.25) is 0 Å². The average molecular weight is 330 g/mol. The Kier molecular flexibility index (Phi) is 4.02. The number of hydrogen-bond donors (Lipinski definition) is 1. The second-order valence-corrected chi connectivity index (χ2v) is 6.81. The highest BCUT2D eigenvalue weighted by Gasteiger charge is 2.21. The van der Waals surface area contributed by atoms with Crippen LogP contribution in [0.25, 0.3) is 16.8 Å². The number of rotatable bonds is 4. The molecular formula is C17H15FN2O2S. The molecule has 0 radical (unpaired) electrons. The first kappa shape index (κ1) is 15.5. The van der Waals surface area contributed by atoms with E-state index in [1.165, 1.54) is 25.2 Å². The van der Waals surface area contributed by atoms with Gasteiger partial charge in [0.1, 0.15) is 5.82 Å². The molecule has 0 atom stereocenters. The van der Waals surface area contributed by atoms with Crippen molar-refractivity contribution in [3.8, 4) is 16.8 Å². The largest absolute Gasteiger partial charge is 0.323 e. The Morgan fingerprint density at radius 3 is 2.22 bits per heavy atom. The molecule has 1 heterocycles. The van der Waals surface area contributed by atoms with E-state index >= 15 is 0 Å². The normalized spacial score (nSPS) is 11.6. The molecule has 0 aliphatic rings. The number of aromatic nitrogens is 1. The summed E-state index contributed by atoms with van der Waals surface area (Å²) >= 11 is 0. The minimum absolute atomic E-state index is 0.151. The number of nitrogens with one attached hydrogen (secondary N) is 1. The molecule has 1 N–H and O–H groups in total. The highest BCUT2D eigenvalue weighted by atomic mass is 32.2. The van der Waals surface area contributed by atoms with Crippen LogP contribution in [0.4, 0.5) is 4.39 Å². The van der Waals surface area contributed by atoms with E-state index in [0.717, 1.165) is 0 Å². The summed E-state index contributed by atoms with van der Waals surface area (Å²) in [5.41, 5.74) is 1.86. The van der Waals surface area contributed by atoms with E-state index in [1.54, 1.807) is 18.2 Å². The van der Waals surface area contributed by atoms with Crippen molar-refractivity contribution < 1.29 is 12.8 Å². The van der Waals surface area contributed by atoms with Gasteiger partial charge in [-0.3, -0.25) is 0 Å². The fourth-order valence-electron chi connectivity index (χ4n) is 2.47. The van der Waals surface area contributed by atoms with Gasteiger partial charge in [0.05, 0.1) is 10.6 Å². The molecule has 6 heteroatoms. The van der Waals surface area contributed by atoms with Crippen LogP contribution in [0.5, 0.6) is 0 Å². The number of sulfonamides is 1. The van der Waals surface area contributed by atoms with E-state index < -0.39 is 10.0 Å². The second-order valence-electron chi connectivity index (χ2n) is 4.96. The van der Waals surface area contributed by atoms with Gasteiger partial charge in [-0.25, -0.2) is 17.5 Å². The highest BCUT2D eigenvalue weighted by molar-refractivity contribution is 7.89. The average Bonchev–Trinajstić information content (AvgIpc) is 3.09. The smallest absolute Gasteiger partial charge is 0.241 e. The van der Waals surface area contributed by atoms with Crippen molar-refractivity contribution in [3.63, 3.8) is 0 Å². The molecule has 2 aromatic carbocycles. The molecule has 4 nitrogen and oxygen atoms in total. The first-order chi connectivity index (χ1) is 11.0. The van der Waals surface area contributed by atoms with Crippen LogP contribution in [0.15, 0.2) is 71.9 Å². The summed E-state index contributed by atoms with van der Waals surface area (Å²) < 4.78 is 42.2. The van der Waals surface area contributed by atoms with Crippen molar-refractivity contribution in [1.82, 2.24) is 9.29 Å². The summed E-state index contributed by atoms with van der Waals surface area (Å²) in [4.78, 5) is 0.151. The molecule has 0 saturated heterocycles. The van der Waals surface area contributed by atoms with Crippen molar-refractivity contribution in [1.29, 1.82) is 0 Å². The molecule has 0 aliphatic carbocycles. The molecule has 0 bridgehead atoms. The van der Waals surface area contributed by atoms with E-state index in [2.05, 4.69) is 4.72 Å². The molecular weight excluding hydrogens is 315 g/mol. The standard InChI is InChI=1S/C17H15FN2O2S/c1-19-23(21,22)16-6-4-5-15(20-11-2-3-12-20)17(16)13-7-9-14(18)10-8-13/h2-12,19H,1H3. The molecule has 23 heavy (non-hydrogen) atoms. The zero-order valence-corrected chi connectivity index (χ0v) is 13.2. The quantitative estimate of drug-likeness (QED) is 0.799. The van der Waals surface area contributed by atoms with Crippen LogP contribution >= 0.6 is 0 Å². The van der Waals surface area contributed by atoms with Gasteiger partial charge in [0.2, 0.25) is 10.0 Å². The minimum atomic E-state index is -3.66. The van der Waals surface area contributed by atoms with E-state index in [4.69, 9.17) is 0 Å². The van der Waals surface area contributed by atoms with Crippen LogP contribution in [0.3, 0.4) is 0 Å². The predicted octanol–water partition coefficient (Wildman–Crippen LogP) is 3.19. The SMILES string of the molecule is CNS(=O)(=O)c1cccc(-n2cccc2)c1-c1ccc(F)cc1. The topological polar surface area (TPSA) is 51.1 Å². The highest BCUT2D eigenvalue weighted by Crippen LogP contribution is 2.33. The number of halogens is 1. The Bertz CT molecular complexity index is 918. The fraction of sp³-hybridized carbons (Fsp3) is 0.0588. The third kappa shape index (κ3) is 2.91. The summed E-state index contributed by atoms with van der Waals surface area (Å²) in [6.45, 7) is 0. The lowest BCUT2D eigenvalue weighted by molar-refractivity contribution is 0.588. The van der Waals surface area contributed by atoms with E-state index in [0.29, 0.717) is 16.8 Å². The van der Waals surface area contributed by atoms with Crippen LogP contribution < -0.4 is 4.72 Å². The molecule has 0 aliphatic heterocycles. The zero-order chi connectivity index (χ0) is 16.4. The maximum Gasteiger partial charge on any atom is 0.241 e. The Morgan fingerprint density at radius 1 is 0.957 bits per heavy atom. The van der Waals surface area contributed by atoms with Crippen molar-refractivity contribution in [2.24, 2.45) is 0 Å². The Hall–Kier alpha value is -2.44. The van der Waals surface area contributed by atoms with Gasteiger partial charge in [0.25, 0.3) is 0 Å². The minimum Gasteiger partial charge on any atom is -0.323 e. The summed E-state index contributed by atoms with van der Waals surface area (Å²) in [6, 6.07) is 14.5. The Labute approximate surface area is 134 Å². The molecule has 0 fully saturated rings. The first-order valence-electron chi connectivity index (χ1n) is 6.99. The van der Waals surface area contributed by atoms with E-state index in [-0.39, 0.29) is 10.7 Å². The monoisotopic (exact) mass is 330 g/mol.